The van der Waals surface area contributed by atoms with Gasteiger partial charge in [0.1, 0.15) is 5.82 Å². The van der Waals surface area contributed by atoms with Gasteiger partial charge < -0.3 is 10.6 Å². The van der Waals surface area contributed by atoms with Crippen molar-refractivity contribution >= 4 is 17.4 Å². The summed E-state index contributed by atoms with van der Waals surface area (Å²) in [7, 11) is 1.75. The minimum atomic E-state index is -0.264. The van der Waals surface area contributed by atoms with Gasteiger partial charge in [0.2, 0.25) is 0 Å². The molecule has 5 heteroatoms. The average Bonchev–Trinajstić information content (AvgIpc) is 2.41. The first-order valence-electron chi connectivity index (χ1n) is 5.59. The van der Waals surface area contributed by atoms with Crippen molar-refractivity contribution in [3.05, 3.63) is 47.7 Å². The summed E-state index contributed by atoms with van der Waals surface area (Å²) < 4.78 is 0. The Kier molecular flexibility index (Phi) is 3.52. The number of rotatable bonds is 3. The number of benzene rings is 1. The topological polar surface area (TPSA) is 66.9 Å². The standard InChI is InChI=1S/C13H14N4O/c1-9-5-3-4-6-10(9)15-13(18)11-7-8-12(14-2)17-16-11/h3-8H,1-2H3,(H,14,17)(H,15,18). The Morgan fingerprint density at radius 3 is 2.50 bits per heavy atom. The second-order valence-corrected chi connectivity index (χ2v) is 3.82. The van der Waals surface area contributed by atoms with Crippen LogP contribution in [0.1, 0.15) is 16.1 Å². The van der Waals surface area contributed by atoms with Crippen molar-refractivity contribution in [2.45, 2.75) is 6.92 Å². The van der Waals surface area contributed by atoms with Crippen molar-refractivity contribution in [3.8, 4) is 0 Å². The highest BCUT2D eigenvalue weighted by Gasteiger charge is 2.09. The first kappa shape index (κ1) is 12.0. The second kappa shape index (κ2) is 5.27. The lowest BCUT2D eigenvalue weighted by molar-refractivity contribution is 0.102. The largest absolute Gasteiger partial charge is 0.372 e. The van der Waals surface area contributed by atoms with Crippen LogP contribution < -0.4 is 10.6 Å². The molecule has 0 fully saturated rings. The molecular formula is C13H14N4O. The molecule has 0 saturated heterocycles. The van der Waals surface area contributed by atoms with Gasteiger partial charge in [-0.05, 0) is 30.7 Å². The van der Waals surface area contributed by atoms with Crippen LogP contribution in [0.25, 0.3) is 0 Å². The highest BCUT2D eigenvalue weighted by molar-refractivity contribution is 6.03. The maximum absolute atomic E-state index is 11.9. The van der Waals surface area contributed by atoms with E-state index < -0.39 is 0 Å². The number of hydrogen-bond donors (Lipinski definition) is 2. The van der Waals surface area contributed by atoms with Gasteiger partial charge in [0.25, 0.3) is 5.91 Å². The fourth-order valence-electron chi connectivity index (χ4n) is 1.49. The minimum absolute atomic E-state index is 0.264. The van der Waals surface area contributed by atoms with Gasteiger partial charge in [-0.25, -0.2) is 0 Å². The summed E-state index contributed by atoms with van der Waals surface area (Å²) in [6.45, 7) is 1.94. The molecule has 5 nitrogen and oxygen atoms in total. The summed E-state index contributed by atoms with van der Waals surface area (Å²) in [6, 6.07) is 10.9. The van der Waals surface area contributed by atoms with E-state index in [2.05, 4.69) is 20.8 Å². The third-order valence-corrected chi connectivity index (χ3v) is 2.55. The number of para-hydroxylation sites is 1. The predicted octanol–water partition coefficient (Wildman–Crippen LogP) is 2.08. The van der Waals surface area contributed by atoms with Gasteiger partial charge >= 0.3 is 0 Å². The van der Waals surface area contributed by atoms with Gasteiger partial charge in [0, 0.05) is 12.7 Å². The molecule has 92 valence electrons. The number of carbonyl (C=O) groups is 1. The molecule has 18 heavy (non-hydrogen) atoms. The molecule has 1 aromatic heterocycles. The van der Waals surface area contributed by atoms with Crippen LogP contribution in [0.2, 0.25) is 0 Å². The molecule has 0 atom stereocenters. The Labute approximate surface area is 105 Å². The molecule has 1 amide bonds. The van der Waals surface area contributed by atoms with Gasteiger partial charge in [-0.15, -0.1) is 10.2 Å². The number of carbonyl (C=O) groups excluding carboxylic acids is 1. The lowest BCUT2D eigenvalue weighted by Crippen LogP contribution is -2.15. The number of nitrogens with one attached hydrogen (secondary N) is 2. The van der Waals surface area contributed by atoms with Crippen LogP contribution in [0.4, 0.5) is 11.5 Å². The lowest BCUT2D eigenvalue weighted by atomic mass is 10.2. The van der Waals surface area contributed by atoms with Crippen LogP contribution in [0.15, 0.2) is 36.4 Å². The molecule has 0 unspecified atom stereocenters. The van der Waals surface area contributed by atoms with E-state index in [0.717, 1.165) is 11.3 Å². The van der Waals surface area contributed by atoms with Gasteiger partial charge in [-0.3, -0.25) is 4.79 Å². The zero-order valence-corrected chi connectivity index (χ0v) is 10.3. The van der Waals surface area contributed by atoms with Crippen LogP contribution >= 0.6 is 0 Å². The Morgan fingerprint density at radius 2 is 1.89 bits per heavy atom. The van der Waals surface area contributed by atoms with E-state index in [0.29, 0.717) is 5.82 Å². The molecule has 2 aromatic rings. The summed E-state index contributed by atoms with van der Waals surface area (Å²) in [6.07, 6.45) is 0. The van der Waals surface area contributed by atoms with E-state index in [-0.39, 0.29) is 11.6 Å². The van der Waals surface area contributed by atoms with Gasteiger partial charge in [0.05, 0.1) is 0 Å². The maximum Gasteiger partial charge on any atom is 0.276 e. The SMILES string of the molecule is CNc1ccc(C(=O)Nc2ccccc2C)nn1. The quantitative estimate of drug-likeness (QED) is 0.864. The monoisotopic (exact) mass is 242 g/mol. The van der Waals surface area contributed by atoms with Crippen LogP contribution in [0.3, 0.4) is 0 Å². The zero-order valence-electron chi connectivity index (χ0n) is 10.3. The first-order chi connectivity index (χ1) is 8.70. The number of aromatic nitrogens is 2. The number of hydrogen-bond acceptors (Lipinski definition) is 4. The second-order valence-electron chi connectivity index (χ2n) is 3.82. The molecule has 0 bridgehead atoms. The van der Waals surface area contributed by atoms with Crippen LogP contribution in [-0.4, -0.2) is 23.2 Å². The average molecular weight is 242 g/mol. The Bertz CT molecular complexity index is 551. The van der Waals surface area contributed by atoms with E-state index in [4.69, 9.17) is 0 Å². The number of amides is 1. The number of anilines is 2. The zero-order chi connectivity index (χ0) is 13.0. The highest BCUT2D eigenvalue weighted by Crippen LogP contribution is 2.14. The van der Waals surface area contributed by atoms with Crippen LogP contribution in [0, 0.1) is 6.92 Å². The molecule has 2 N–H and O–H groups in total. The van der Waals surface area contributed by atoms with Gasteiger partial charge in [0.15, 0.2) is 5.69 Å². The van der Waals surface area contributed by atoms with Gasteiger partial charge in [-0.2, -0.15) is 0 Å². The predicted molar refractivity (Wildman–Crippen MR) is 70.7 cm³/mol. The fraction of sp³-hybridized carbons (Fsp3) is 0.154. The molecule has 0 aliphatic rings. The summed E-state index contributed by atoms with van der Waals surface area (Å²) in [5.41, 5.74) is 2.07. The van der Waals surface area contributed by atoms with E-state index >= 15 is 0 Å². The van der Waals surface area contributed by atoms with E-state index in [9.17, 15) is 4.79 Å². The molecule has 2 rings (SSSR count). The normalized spacial score (nSPS) is 9.89. The van der Waals surface area contributed by atoms with Crippen molar-refractivity contribution in [2.75, 3.05) is 17.7 Å². The van der Waals surface area contributed by atoms with E-state index in [1.54, 1.807) is 19.2 Å². The van der Waals surface area contributed by atoms with Crippen molar-refractivity contribution in [1.29, 1.82) is 0 Å². The summed E-state index contributed by atoms with van der Waals surface area (Å²) >= 11 is 0. The molecular weight excluding hydrogens is 228 g/mol. The molecule has 0 saturated carbocycles. The maximum atomic E-state index is 11.9. The molecule has 0 aliphatic heterocycles. The van der Waals surface area contributed by atoms with Crippen molar-refractivity contribution < 1.29 is 4.79 Å². The van der Waals surface area contributed by atoms with Gasteiger partial charge in [-0.1, -0.05) is 18.2 Å². The van der Waals surface area contributed by atoms with Crippen LogP contribution in [-0.2, 0) is 0 Å². The molecule has 0 radical (unpaired) electrons. The third kappa shape index (κ3) is 2.63. The van der Waals surface area contributed by atoms with Crippen molar-refractivity contribution in [1.82, 2.24) is 10.2 Å². The molecule has 0 aliphatic carbocycles. The summed E-state index contributed by atoms with van der Waals surface area (Å²) in [5, 5.41) is 13.4. The fourth-order valence-corrected chi connectivity index (χ4v) is 1.49. The Balaban J connectivity index is 2.14. The first-order valence-corrected chi connectivity index (χ1v) is 5.59. The molecule has 0 spiro atoms. The Morgan fingerprint density at radius 1 is 1.11 bits per heavy atom. The number of aryl methyl sites for hydroxylation is 1. The Hall–Kier alpha value is -2.43. The summed E-state index contributed by atoms with van der Waals surface area (Å²) in [4.78, 5) is 11.9. The summed E-state index contributed by atoms with van der Waals surface area (Å²) in [5.74, 6) is 0.363. The van der Waals surface area contributed by atoms with Crippen molar-refractivity contribution in [2.24, 2.45) is 0 Å². The minimum Gasteiger partial charge on any atom is -0.372 e. The highest BCUT2D eigenvalue weighted by atomic mass is 16.1. The molecule has 1 aromatic carbocycles. The smallest absolute Gasteiger partial charge is 0.276 e. The lowest BCUT2D eigenvalue weighted by Gasteiger charge is -2.07. The molecule has 1 heterocycles. The van der Waals surface area contributed by atoms with E-state index in [1.807, 2.05) is 31.2 Å². The van der Waals surface area contributed by atoms with Crippen molar-refractivity contribution in [3.63, 3.8) is 0 Å². The van der Waals surface area contributed by atoms with Crippen LogP contribution in [0.5, 0.6) is 0 Å². The van der Waals surface area contributed by atoms with E-state index in [1.165, 1.54) is 0 Å². The number of nitrogens with zero attached hydrogens (tertiary/aromatic N) is 2. The third-order valence-electron chi connectivity index (χ3n) is 2.55.